The topological polar surface area (TPSA) is 18.5 Å². The summed E-state index contributed by atoms with van der Waals surface area (Å²) in [5.74, 6) is 1.77. The normalized spacial score (nSPS) is 42.9. The number of alkyl halides is 1. The summed E-state index contributed by atoms with van der Waals surface area (Å²) in [5.41, 5.74) is 0.244. The highest BCUT2D eigenvalue weighted by molar-refractivity contribution is 6.60. The minimum Gasteiger partial charge on any atom is -0.404 e. The van der Waals surface area contributed by atoms with Crippen LogP contribution in [-0.2, 0) is 9.31 Å². The van der Waals surface area contributed by atoms with Crippen molar-refractivity contribution in [1.29, 1.82) is 0 Å². The lowest BCUT2D eigenvalue weighted by Crippen LogP contribution is -2.65. The Morgan fingerprint density at radius 2 is 2.10 bits per heavy atom. The van der Waals surface area contributed by atoms with E-state index in [4.69, 9.17) is 20.9 Å². The highest BCUT2D eigenvalue weighted by Crippen LogP contribution is 2.65. The first-order chi connectivity index (χ1) is 9.80. The minimum atomic E-state index is -0.253. The molecule has 4 aliphatic rings. The molecule has 0 aromatic rings. The molecule has 0 N–H and O–H groups in total. The van der Waals surface area contributed by atoms with Crippen LogP contribution in [0, 0.1) is 23.2 Å². The van der Waals surface area contributed by atoms with Crippen molar-refractivity contribution in [1.82, 2.24) is 0 Å². The molecule has 21 heavy (non-hydrogen) atoms. The van der Waals surface area contributed by atoms with Crippen LogP contribution in [0.1, 0.15) is 53.4 Å². The number of halogens is 1. The molecular weight excluding hydrogens is 282 g/mol. The summed E-state index contributed by atoms with van der Waals surface area (Å²) < 4.78 is 12.7. The minimum absolute atomic E-state index is 0.0762. The quantitative estimate of drug-likeness (QED) is 0.424. The Morgan fingerprint density at radius 3 is 2.71 bits per heavy atom. The van der Waals surface area contributed by atoms with E-state index < -0.39 is 0 Å². The van der Waals surface area contributed by atoms with Crippen LogP contribution < -0.4 is 0 Å². The fourth-order valence-corrected chi connectivity index (χ4v) is 5.08. The maximum absolute atomic E-state index is 6.65. The van der Waals surface area contributed by atoms with E-state index in [0.717, 1.165) is 25.2 Å². The molecule has 0 amide bonds. The third kappa shape index (κ3) is 2.31. The summed E-state index contributed by atoms with van der Waals surface area (Å²) >= 11 is 6.65. The summed E-state index contributed by atoms with van der Waals surface area (Å²) in [6.45, 7) is 13.0. The Hall–Kier alpha value is 0.0149. The standard InChI is InChI=1S/C17H28BClO2/c1-6-7-8-11(2)15(19)18-20-14-10-12-9-13(16(12,3)4)17(14,5)21-18/h6,11-15H,1,7-10H2,2-5H3/t11-,12+,13+,14-,15-,17+/m0/s1. The van der Waals surface area contributed by atoms with Crippen molar-refractivity contribution in [3.63, 3.8) is 0 Å². The Balaban J connectivity index is 1.69. The van der Waals surface area contributed by atoms with Gasteiger partial charge in [-0.2, -0.15) is 0 Å². The fourth-order valence-electron chi connectivity index (χ4n) is 4.84. The van der Waals surface area contributed by atoms with Crippen molar-refractivity contribution in [3.8, 4) is 0 Å². The molecule has 2 bridgehead atoms. The molecule has 0 unspecified atom stereocenters. The third-order valence-corrected chi connectivity index (χ3v) is 7.23. The molecule has 0 spiro atoms. The molecule has 1 aliphatic heterocycles. The van der Waals surface area contributed by atoms with Crippen LogP contribution in [0.25, 0.3) is 0 Å². The monoisotopic (exact) mass is 310 g/mol. The number of hydrogen-bond donors (Lipinski definition) is 0. The zero-order valence-electron chi connectivity index (χ0n) is 13.8. The van der Waals surface area contributed by atoms with Gasteiger partial charge >= 0.3 is 7.12 Å². The SMILES string of the molecule is C=CCC[C@H](C)[C@H](Cl)B1O[C@H]2C[C@H]3C[C@H](C3(C)C)[C@@]2(C)O1. The highest BCUT2D eigenvalue weighted by Gasteiger charge is 2.68. The molecule has 118 valence electrons. The van der Waals surface area contributed by atoms with Gasteiger partial charge in [0.05, 0.1) is 17.0 Å². The second kappa shape index (κ2) is 5.28. The first-order valence-electron chi connectivity index (χ1n) is 8.39. The smallest absolute Gasteiger partial charge is 0.404 e. The van der Waals surface area contributed by atoms with Crippen LogP contribution in [0.3, 0.4) is 0 Å². The van der Waals surface area contributed by atoms with E-state index in [9.17, 15) is 0 Å². The average molecular weight is 311 g/mol. The number of hydrogen-bond acceptors (Lipinski definition) is 2. The highest BCUT2D eigenvalue weighted by atomic mass is 35.5. The van der Waals surface area contributed by atoms with Gasteiger partial charge in [0.15, 0.2) is 0 Å². The van der Waals surface area contributed by atoms with Gasteiger partial charge in [-0.3, -0.25) is 0 Å². The van der Waals surface area contributed by atoms with E-state index in [-0.39, 0.29) is 24.1 Å². The summed E-state index contributed by atoms with van der Waals surface area (Å²) in [7, 11) is -0.253. The van der Waals surface area contributed by atoms with E-state index in [2.05, 4.69) is 34.3 Å². The van der Waals surface area contributed by atoms with Gasteiger partial charge in [0.2, 0.25) is 0 Å². The first kappa shape index (κ1) is 15.9. The Morgan fingerprint density at radius 1 is 1.38 bits per heavy atom. The zero-order valence-corrected chi connectivity index (χ0v) is 14.5. The molecule has 1 saturated heterocycles. The number of allylic oxidation sites excluding steroid dienone is 1. The predicted molar refractivity (Wildman–Crippen MR) is 88.3 cm³/mol. The van der Waals surface area contributed by atoms with Crippen LogP contribution in [0.2, 0.25) is 0 Å². The molecule has 3 aliphatic carbocycles. The van der Waals surface area contributed by atoms with E-state index in [1.807, 2.05) is 6.08 Å². The molecule has 4 fully saturated rings. The van der Waals surface area contributed by atoms with Gasteiger partial charge < -0.3 is 9.31 Å². The maximum atomic E-state index is 6.65. The number of rotatable bonds is 5. The molecule has 3 saturated carbocycles. The second-order valence-electron chi connectivity index (χ2n) is 8.12. The molecule has 0 radical (unpaired) electrons. The first-order valence-corrected chi connectivity index (χ1v) is 8.82. The lowest BCUT2D eigenvalue weighted by Gasteiger charge is -2.64. The average Bonchev–Trinajstić information content (AvgIpc) is 2.80. The molecule has 4 heteroatoms. The second-order valence-corrected chi connectivity index (χ2v) is 8.63. The van der Waals surface area contributed by atoms with Crippen molar-refractivity contribution in [2.24, 2.45) is 23.2 Å². The van der Waals surface area contributed by atoms with Crippen molar-refractivity contribution in [3.05, 3.63) is 12.7 Å². The van der Waals surface area contributed by atoms with E-state index in [0.29, 0.717) is 17.3 Å². The van der Waals surface area contributed by atoms with Gasteiger partial charge in [-0.25, -0.2) is 0 Å². The van der Waals surface area contributed by atoms with Gasteiger partial charge in [-0.1, -0.05) is 26.8 Å². The summed E-state index contributed by atoms with van der Waals surface area (Å²) in [5, 5.41) is -0.0762. The van der Waals surface area contributed by atoms with Crippen molar-refractivity contribution in [2.45, 2.75) is 70.4 Å². The van der Waals surface area contributed by atoms with Gasteiger partial charge in [-0.15, -0.1) is 18.2 Å². The van der Waals surface area contributed by atoms with Crippen LogP contribution in [0.5, 0.6) is 0 Å². The lowest BCUT2D eigenvalue weighted by molar-refractivity contribution is -0.199. The van der Waals surface area contributed by atoms with Crippen LogP contribution in [0.15, 0.2) is 12.7 Å². The fraction of sp³-hybridized carbons (Fsp3) is 0.882. The predicted octanol–water partition coefficient (Wildman–Crippen LogP) is 4.46. The molecule has 2 nitrogen and oxygen atoms in total. The van der Waals surface area contributed by atoms with Crippen LogP contribution in [0.4, 0.5) is 0 Å². The lowest BCUT2D eigenvalue weighted by atomic mass is 9.43. The van der Waals surface area contributed by atoms with Crippen molar-refractivity contribution < 1.29 is 9.31 Å². The third-order valence-electron chi connectivity index (χ3n) is 6.60. The van der Waals surface area contributed by atoms with Gasteiger partial charge in [0.25, 0.3) is 0 Å². The van der Waals surface area contributed by atoms with Gasteiger partial charge in [0.1, 0.15) is 0 Å². The zero-order chi connectivity index (χ0) is 15.4. The Bertz CT molecular complexity index is 427. The molecule has 4 rings (SSSR count). The Labute approximate surface area is 134 Å². The van der Waals surface area contributed by atoms with Crippen molar-refractivity contribution >= 4 is 18.7 Å². The van der Waals surface area contributed by atoms with E-state index in [1.165, 1.54) is 6.42 Å². The maximum Gasteiger partial charge on any atom is 0.477 e. The molecular formula is C17H28BClO2. The van der Waals surface area contributed by atoms with Crippen LogP contribution >= 0.6 is 11.6 Å². The largest absolute Gasteiger partial charge is 0.477 e. The molecule has 6 atom stereocenters. The Kier molecular flexibility index (Phi) is 4.00. The van der Waals surface area contributed by atoms with E-state index >= 15 is 0 Å². The summed E-state index contributed by atoms with van der Waals surface area (Å²) in [4.78, 5) is 0. The molecule has 0 aromatic heterocycles. The molecule has 0 aromatic carbocycles. The molecule has 1 heterocycles. The van der Waals surface area contributed by atoms with Crippen LogP contribution in [-0.4, -0.2) is 24.1 Å². The summed E-state index contributed by atoms with van der Waals surface area (Å²) in [6, 6.07) is 0. The summed E-state index contributed by atoms with van der Waals surface area (Å²) in [6.07, 6.45) is 6.63. The van der Waals surface area contributed by atoms with E-state index in [1.54, 1.807) is 0 Å². The van der Waals surface area contributed by atoms with Crippen molar-refractivity contribution in [2.75, 3.05) is 0 Å². The van der Waals surface area contributed by atoms with Gasteiger partial charge in [0, 0.05) is 0 Å². The van der Waals surface area contributed by atoms with Gasteiger partial charge in [-0.05, 0) is 55.8 Å².